The van der Waals surface area contributed by atoms with Crippen LogP contribution in [0.2, 0.25) is 0 Å². The quantitative estimate of drug-likeness (QED) is 0.648. The van der Waals surface area contributed by atoms with E-state index in [0.717, 1.165) is 0 Å². The monoisotopic (exact) mass is 377 g/mol. The third-order valence-electron chi connectivity index (χ3n) is 3.56. The fourth-order valence-corrected chi connectivity index (χ4v) is 5.56. The zero-order chi connectivity index (χ0) is 17.6. The van der Waals surface area contributed by atoms with E-state index < -0.39 is 17.6 Å². The largest absolute Gasteiger partial charge is 0.379 e. The van der Waals surface area contributed by atoms with Gasteiger partial charge in [0.15, 0.2) is 0 Å². The van der Waals surface area contributed by atoms with Gasteiger partial charge in [0.25, 0.3) is 0 Å². The van der Waals surface area contributed by atoms with Gasteiger partial charge in [0.05, 0.1) is 37.5 Å². The molecule has 7 nitrogen and oxygen atoms in total. The summed E-state index contributed by atoms with van der Waals surface area (Å²) in [4.78, 5) is 0.218. The zero-order valence-corrected chi connectivity index (χ0v) is 15.7. The molecule has 24 heavy (non-hydrogen) atoms. The second-order valence-corrected chi connectivity index (χ2v) is 9.26. The van der Waals surface area contributed by atoms with E-state index in [9.17, 15) is 13.0 Å². The first-order valence-corrected chi connectivity index (χ1v) is 11.1. The SMILES string of the molecule is CCOP(=O)(Cc1ccc(S(=O)(=O)N2CCOCC2)cc1)OCC. The summed E-state index contributed by atoms with van der Waals surface area (Å²) in [6.45, 7) is 5.61. The fourth-order valence-electron chi connectivity index (χ4n) is 2.45. The number of rotatable bonds is 8. The first-order valence-electron chi connectivity index (χ1n) is 7.96. The van der Waals surface area contributed by atoms with Crippen LogP contribution < -0.4 is 0 Å². The van der Waals surface area contributed by atoms with Crippen molar-refractivity contribution in [1.82, 2.24) is 4.31 Å². The van der Waals surface area contributed by atoms with E-state index in [1.165, 1.54) is 16.4 Å². The van der Waals surface area contributed by atoms with Crippen LogP contribution in [0.15, 0.2) is 29.2 Å². The van der Waals surface area contributed by atoms with Gasteiger partial charge in [-0.15, -0.1) is 0 Å². The average Bonchev–Trinajstić information content (AvgIpc) is 2.56. The Morgan fingerprint density at radius 2 is 1.62 bits per heavy atom. The Bertz CT molecular complexity index is 660. The smallest absolute Gasteiger partial charge is 0.335 e. The normalized spacial score (nSPS) is 17.1. The minimum absolute atomic E-state index is 0.118. The molecule has 1 fully saturated rings. The number of hydrogen-bond acceptors (Lipinski definition) is 6. The molecule has 0 bridgehead atoms. The first kappa shape index (κ1) is 19.6. The van der Waals surface area contributed by atoms with Crippen molar-refractivity contribution < 1.29 is 26.8 Å². The molecule has 136 valence electrons. The van der Waals surface area contributed by atoms with Gasteiger partial charge in [-0.1, -0.05) is 12.1 Å². The van der Waals surface area contributed by atoms with Crippen molar-refractivity contribution in [1.29, 1.82) is 0 Å². The average molecular weight is 377 g/mol. The second-order valence-electron chi connectivity index (χ2n) is 5.26. The van der Waals surface area contributed by atoms with E-state index in [1.807, 2.05) is 0 Å². The molecule has 1 aromatic rings. The van der Waals surface area contributed by atoms with Crippen molar-refractivity contribution in [2.75, 3.05) is 39.5 Å². The zero-order valence-electron chi connectivity index (χ0n) is 14.0. The molecule has 0 spiro atoms. The Morgan fingerprint density at radius 1 is 1.08 bits per heavy atom. The van der Waals surface area contributed by atoms with Crippen molar-refractivity contribution in [2.24, 2.45) is 0 Å². The number of morpholine rings is 1. The lowest BCUT2D eigenvalue weighted by Crippen LogP contribution is -2.40. The third kappa shape index (κ3) is 4.88. The van der Waals surface area contributed by atoms with Gasteiger partial charge in [0.2, 0.25) is 10.0 Å². The topological polar surface area (TPSA) is 82.1 Å². The Kier molecular flexibility index (Phi) is 6.98. The maximum Gasteiger partial charge on any atom is 0.335 e. The molecule has 0 radical (unpaired) electrons. The van der Waals surface area contributed by atoms with Crippen molar-refractivity contribution >= 4 is 17.6 Å². The van der Waals surface area contributed by atoms with E-state index in [0.29, 0.717) is 45.1 Å². The van der Waals surface area contributed by atoms with Gasteiger partial charge >= 0.3 is 7.60 Å². The number of sulfonamides is 1. The van der Waals surface area contributed by atoms with Crippen LogP contribution in [0.25, 0.3) is 0 Å². The molecule has 2 rings (SSSR count). The highest BCUT2D eigenvalue weighted by atomic mass is 32.2. The molecule has 9 heteroatoms. The van der Waals surface area contributed by atoms with Gasteiger partial charge in [-0.25, -0.2) is 8.42 Å². The minimum atomic E-state index is -3.52. The highest BCUT2D eigenvalue weighted by Crippen LogP contribution is 2.51. The lowest BCUT2D eigenvalue weighted by Gasteiger charge is -2.26. The predicted molar refractivity (Wildman–Crippen MR) is 90.6 cm³/mol. The summed E-state index contributed by atoms with van der Waals surface area (Å²) >= 11 is 0. The van der Waals surface area contributed by atoms with Crippen LogP contribution in [0.3, 0.4) is 0 Å². The first-order chi connectivity index (χ1) is 11.4. The number of hydrogen-bond donors (Lipinski definition) is 0. The van der Waals surface area contributed by atoms with Crippen molar-refractivity contribution in [2.45, 2.75) is 24.9 Å². The molecule has 0 amide bonds. The highest BCUT2D eigenvalue weighted by Gasteiger charge is 2.27. The molecule has 0 saturated carbocycles. The van der Waals surface area contributed by atoms with Gasteiger partial charge in [-0.05, 0) is 31.5 Å². The van der Waals surface area contributed by atoms with E-state index in [-0.39, 0.29) is 11.1 Å². The number of benzene rings is 1. The summed E-state index contributed by atoms with van der Waals surface area (Å²) in [5, 5.41) is 0. The van der Waals surface area contributed by atoms with Crippen LogP contribution in [0.5, 0.6) is 0 Å². The van der Waals surface area contributed by atoms with Gasteiger partial charge < -0.3 is 13.8 Å². The van der Waals surface area contributed by atoms with Crippen LogP contribution in [0, 0.1) is 0 Å². The molecule has 0 N–H and O–H groups in total. The summed E-state index contributed by atoms with van der Waals surface area (Å²) in [7, 11) is -6.72. The molecule has 0 unspecified atom stereocenters. The van der Waals surface area contributed by atoms with Crippen LogP contribution in [0.1, 0.15) is 19.4 Å². The van der Waals surface area contributed by atoms with E-state index in [1.54, 1.807) is 26.0 Å². The van der Waals surface area contributed by atoms with Crippen molar-refractivity contribution in [3.05, 3.63) is 29.8 Å². The van der Waals surface area contributed by atoms with E-state index in [4.69, 9.17) is 13.8 Å². The molecule has 1 aromatic carbocycles. The summed E-state index contributed by atoms with van der Waals surface area (Å²) in [6, 6.07) is 6.36. The highest BCUT2D eigenvalue weighted by molar-refractivity contribution is 7.89. The van der Waals surface area contributed by atoms with Crippen molar-refractivity contribution in [3.63, 3.8) is 0 Å². The van der Waals surface area contributed by atoms with Crippen molar-refractivity contribution in [3.8, 4) is 0 Å². The van der Waals surface area contributed by atoms with Gasteiger partial charge in [-0.3, -0.25) is 4.57 Å². The Balaban J connectivity index is 2.13. The predicted octanol–water partition coefficient (Wildman–Crippen LogP) is 2.47. The molecular weight excluding hydrogens is 353 g/mol. The molecule has 1 aliphatic heterocycles. The molecule has 1 aliphatic rings. The van der Waals surface area contributed by atoms with Gasteiger partial charge in [0, 0.05) is 13.1 Å². The summed E-state index contributed by atoms with van der Waals surface area (Å²) in [5.74, 6) is 0. The molecule has 0 aromatic heterocycles. The lowest BCUT2D eigenvalue weighted by atomic mass is 10.2. The lowest BCUT2D eigenvalue weighted by molar-refractivity contribution is 0.0730. The van der Waals surface area contributed by atoms with Crippen LogP contribution >= 0.6 is 7.60 Å². The number of nitrogens with zero attached hydrogens (tertiary/aromatic N) is 1. The maximum absolute atomic E-state index is 12.6. The van der Waals surface area contributed by atoms with Gasteiger partial charge in [0.1, 0.15) is 0 Å². The second kappa shape index (κ2) is 8.56. The Hall–Kier alpha value is -0.760. The van der Waals surface area contributed by atoms with Crippen LogP contribution in [0.4, 0.5) is 0 Å². The standard InChI is InChI=1S/C15H24NO6PS/c1-3-21-23(17,22-4-2)13-14-5-7-15(8-6-14)24(18,19)16-9-11-20-12-10-16/h5-8H,3-4,9-13H2,1-2H3. The summed E-state index contributed by atoms with van der Waals surface area (Å²) < 4.78 is 54.8. The van der Waals surface area contributed by atoms with E-state index >= 15 is 0 Å². The molecule has 0 aliphatic carbocycles. The molecule has 1 heterocycles. The fraction of sp³-hybridized carbons (Fsp3) is 0.600. The summed E-state index contributed by atoms with van der Waals surface area (Å²) in [6.07, 6.45) is 0.118. The molecule has 0 atom stereocenters. The summed E-state index contributed by atoms with van der Waals surface area (Å²) in [5.41, 5.74) is 0.709. The van der Waals surface area contributed by atoms with Gasteiger partial charge in [-0.2, -0.15) is 4.31 Å². The Morgan fingerprint density at radius 3 is 2.12 bits per heavy atom. The number of ether oxygens (including phenoxy) is 1. The maximum atomic E-state index is 12.6. The van der Waals surface area contributed by atoms with E-state index in [2.05, 4.69) is 0 Å². The van der Waals surface area contributed by atoms with Crippen LogP contribution in [-0.4, -0.2) is 52.2 Å². The third-order valence-corrected chi connectivity index (χ3v) is 7.53. The molecule has 1 saturated heterocycles. The van der Waals surface area contributed by atoms with Crippen LogP contribution in [-0.2, 0) is 34.5 Å². The minimum Gasteiger partial charge on any atom is -0.379 e. The molecular formula is C15H24NO6PS. The Labute approximate surface area is 143 Å².